The van der Waals surface area contributed by atoms with Crippen molar-refractivity contribution in [2.75, 3.05) is 6.61 Å². The number of hydrogen-bond donors (Lipinski definition) is 5. The van der Waals surface area contributed by atoms with Crippen LogP contribution < -0.4 is 0 Å². The van der Waals surface area contributed by atoms with E-state index < -0.39 is 61.4 Å². The number of allylic oxidation sites excluding steroid dienone is 1. The predicted molar refractivity (Wildman–Crippen MR) is 134 cm³/mol. The summed E-state index contributed by atoms with van der Waals surface area (Å²) in [5.74, 6) is -2.86. The minimum Gasteiger partial charge on any atom is -0.477 e. The van der Waals surface area contributed by atoms with Gasteiger partial charge in [-0.1, -0.05) is 24.3 Å². The lowest BCUT2D eigenvalue weighted by Crippen LogP contribution is -2.60. The Labute approximate surface area is 221 Å². The molecule has 0 radical (unpaired) electrons. The van der Waals surface area contributed by atoms with Gasteiger partial charge in [0.1, 0.15) is 30.1 Å². The van der Waals surface area contributed by atoms with Crippen molar-refractivity contribution in [2.24, 2.45) is 11.8 Å². The summed E-state index contributed by atoms with van der Waals surface area (Å²) in [7, 11) is 0. The van der Waals surface area contributed by atoms with Crippen molar-refractivity contribution < 1.29 is 49.3 Å². The van der Waals surface area contributed by atoms with E-state index in [1.54, 1.807) is 12.1 Å². The van der Waals surface area contributed by atoms with Crippen LogP contribution in [0.1, 0.15) is 21.0 Å². The summed E-state index contributed by atoms with van der Waals surface area (Å²) in [6, 6.07) is 8.65. The number of nitrogens with zero attached hydrogens (tertiary/aromatic N) is 2. The number of carboxylic acid groups (broad SMARTS) is 1. The van der Waals surface area contributed by atoms with Crippen molar-refractivity contribution in [2.45, 2.75) is 43.4 Å². The second-order valence-electron chi connectivity index (χ2n) is 9.85. The number of benzene rings is 1. The average molecular weight is 539 g/mol. The first-order valence-corrected chi connectivity index (χ1v) is 12.4. The SMILES string of the molecule is C=C[C@H]1[C@H](O[C@@H]2O[C@H](CO)[C@@H](O)[C@H](O)[C@H]2O)OC=C2C(=O)n3c4ccccc4c4cc(C(=O)O)nc(c43)C[C@H]21. The summed E-state index contributed by atoms with van der Waals surface area (Å²) < 4.78 is 18.7. The van der Waals surface area contributed by atoms with Gasteiger partial charge in [0.15, 0.2) is 6.29 Å². The van der Waals surface area contributed by atoms with Crippen LogP contribution in [0.3, 0.4) is 0 Å². The van der Waals surface area contributed by atoms with Crippen LogP contribution in [0.15, 0.2) is 54.8 Å². The van der Waals surface area contributed by atoms with E-state index in [1.165, 1.54) is 23.0 Å². The highest BCUT2D eigenvalue weighted by atomic mass is 16.8. The van der Waals surface area contributed by atoms with Gasteiger partial charge in [-0.15, -0.1) is 6.58 Å². The van der Waals surface area contributed by atoms with Crippen molar-refractivity contribution >= 4 is 33.7 Å². The zero-order valence-electron chi connectivity index (χ0n) is 20.5. The smallest absolute Gasteiger partial charge is 0.354 e. The number of rotatable bonds is 5. The summed E-state index contributed by atoms with van der Waals surface area (Å²) in [4.78, 5) is 30.3. The number of aromatic nitrogens is 2. The van der Waals surface area contributed by atoms with Crippen LogP contribution in [-0.4, -0.2) is 90.6 Å². The molecule has 1 fully saturated rings. The van der Waals surface area contributed by atoms with E-state index in [0.717, 1.165) is 0 Å². The van der Waals surface area contributed by atoms with Gasteiger partial charge in [-0.2, -0.15) is 0 Å². The van der Waals surface area contributed by atoms with E-state index in [1.807, 2.05) is 12.1 Å². The van der Waals surface area contributed by atoms with Crippen LogP contribution in [0, 0.1) is 11.8 Å². The number of carboxylic acids is 1. The molecule has 0 aliphatic carbocycles. The zero-order chi connectivity index (χ0) is 27.6. The maximum absolute atomic E-state index is 14.0. The summed E-state index contributed by atoms with van der Waals surface area (Å²) in [5.41, 5.74) is 1.65. The zero-order valence-corrected chi connectivity index (χ0v) is 20.5. The largest absolute Gasteiger partial charge is 0.477 e. The monoisotopic (exact) mass is 538 g/mol. The minimum atomic E-state index is -1.65. The van der Waals surface area contributed by atoms with Gasteiger partial charge in [0.25, 0.3) is 5.91 Å². The van der Waals surface area contributed by atoms with Crippen LogP contribution in [0.25, 0.3) is 21.8 Å². The lowest BCUT2D eigenvalue weighted by atomic mass is 9.80. The number of hydrogen-bond acceptors (Lipinski definition) is 10. The molecule has 1 aromatic carbocycles. The Kier molecular flexibility index (Phi) is 6.25. The molecule has 8 atom stereocenters. The van der Waals surface area contributed by atoms with Crippen molar-refractivity contribution in [3.8, 4) is 0 Å². The molecule has 12 nitrogen and oxygen atoms in total. The van der Waals surface area contributed by atoms with Crippen LogP contribution in [0.4, 0.5) is 0 Å². The van der Waals surface area contributed by atoms with Crippen molar-refractivity contribution in [1.82, 2.24) is 9.55 Å². The second-order valence-corrected chi connectivity index (χ2v) is 9.85. The number of aliphatic hydroxyl groups excluding tert-OH is 4. The maximum atomic E-state index is 14.0. The first-order valence-electron chi connectivity index (χ1n) is 12.4. The number of ether oxygens (including phenoxy) is 3. The molecule has 1 saturated heterocycles. The molecule has 0 saturated carbocycles. The maximum Gasteiger partial charge on any atom is 0.354 e. The van der Waals surface area contributed by atoms with E-state index >= 15 is 0 Å². The van der Waals surface area contributed by atoms with Crippen LogP contribution in [0.2, 0.25) is 0 Å². The fourth-order valence-electron chi connectivity index (χ4n) is 5.74. The summed E-state index contributed by atoms with van der Waals surface area (Å²) >= 11 is 0. The lowest BCUT2D eigenvalue weighted by molar-refractivity contribution is -0.339. The van der Waals surface area contributed by atoms with Gasteiger partial charge in [0.2, 0.25) is 6.29 Å². The molecular weight excluding hydrogens is 512 g/mol. The van der Waals surface area contributed by atoms with Gasteiger partial charge in [0, 0.05) is 22.6 Å². The molecule has 12 heteroatoms. The topological polar surface area (TPSA) is 181 Å². The van der Waals surface area contributed by atoms with E-state index in [0.29, 0.717) is 33.1 Å². The number of aliphatic hydroxyl groups is 4. The standard InChI is InChI=1S/C27H26N2O10/c1-2-11-13-7-16-20-14(8-17(28-16)25(35)36)12-5-3-4-6-18(12)29(20)24(34)15(13)10-37-26(11)39-27-23(33)22(32)21(31)19(9-30)38-27/h2-6,8,10-11,13,19,21-23,26-27,30-33H,1,7,9H2,(H,35,36)/t11-,13+,19-,21-,22+,23-,26+,27+/m1/s1. The highest BCUT2D eigenvalue weighted by molar-refractivity contribution is 6.18. The molecule has 3 aliphatic heterocycles. The Balaban J connectivity index is 1.42. The second kappa shape index (κ2) is 9.52. The Morgan fingerprint density at radius 2 is 1.92 bits per heavy atom. The molecule has 0 spiro atoms. The van der Waals surface area contributed by atoms with E-state index in [4.69, 9.17) is 14.2 Å². The van der Waals surface area contributed by atoms with Crippen LogP contribution in [0.5, 0.6) is 0 Å². The molecule has 0 bridgehead atoms. The normalized spacial score (nSPS) is 32.3. The van der Waals surface area contributed by atoms with Crippen molar-refractivity contribution in [3.05, 3.63) is 66.2 Å². The van der Waals surface area contributed by atoms with Gasteiger partial charge >= 0.3 is 5.97 Å². The summed E-state index contributed by atoms with van der Waals surface area (Å²) in [6.45, 7) is 3.25. The third-order valence-corrected chi connectivity index (χ3v) is 7.70. The molecule has 3 aliphatic rings. The predicted octanol–water partition coefficient (Wildman–Crippen LogP) is 0.559. The van der Waals surface area contributed by atoms with Gasteiger partial charge in [-0.05, 0) is 18.6 Å². The molecule has 0 unspecified atom stereocenters. The molecule has 39 heavy (non-hydrogen) atoms. The van der Waals surface area contributed by atoms with Gasteiger partial charge in [0.05, 0.1) is 35.2 Å². The first kappa shape index (κ1) is 25.6. The number of carbonyl (C=O) groups is 2. The number of fused-ring (bicyclic) bond motifs is 4. The number of pyridine rings is 1. The van der Waals surface area contributed by atoms with Crippen molar-refractivity contribution in [3.63, 3.8) is 0 Å². The van der Waals surface area contributed by atoms with Crippen LogP contribution >= 0.6 is 0 Å². The fraction of sp³-hybridized carbons (Fsp3) is 0.370. The quantitative estimate of drug-likeness (QED) is 0.286. The number of carbonyl (C=O) groups excluding carboxylic acids is 1. The highest BCUT2D eigenvalue weighted by Gasteiger charge is 2.48. The molecule has 5 N–H and O–H groups in total. The molecule has 5 heterocycles. The highest BCUT2D eigenvalue weighted by Crippen LogP contribution is 2.42. The molecule has 2 aromatic heterocycles. The first-order chi connectivity index (χ1) is 18.7. The van der Waals surface area contributed by atoms with E-state index in [9.17, 15) is 35.1 Å². The molecular formula is C27H26N2O10. The average Bonchev–Trinajstić information content (AvgIpc) is 3.21. The van der Waals surface area contributed by atoms with E-state index in [2.05, 4.69) is 11.6 Å². The Bertz CT molecular complexity index is 1530. The molecule has 204 valence electrons. The van der Waals surface area contributed by atoms with Crippen molar-refractivity contribution in [1.29, 1.82) is 0 Å². The summed E-state index contributed by atoms with van der Waals surface area (Å²) in [5, 5.41) is 51.2. The van der Waals surface area contributed by atoms with Gasteiger partial charge in [-0.25, -0.2) is 9.78 Å². The Morgan fingerprint density at radius 3 is 2.64 bits per heavy atom. The Morgan fingerprint density at radius 1 is 1.15 bits per heavy atom. The fourth-order valence-corrected chi connectivity index (χ4v) is 5.74. The van der Waals surface area contributed by atoms with Crippen LogP contribution in [-0.2, 0) is 20.6 Å². The lowest BCUT2D eigenvalue weighted by Gasteiger charge is -2.43. The molecule has 6 rings (SSSR count). The molecule has 0 amide bonds. The van der Waals surface area contributed by atoms with Gasteiger partial charge < -0.3 is 39.7 Å². The third kappa shape index (κ3) is 3.87. The number of aromatic carboxylic acids is 1. The minimum absolute atomic E-state index is 0.153. The number of para-hydroxylation sites is 1. The van der Waals surface area contributed by atoms with Gasteiger partial charge in [-0.3, -0.25) is 9.36 Å². The van der Waals surface area contributed by atoms with E-state index in [-0.39, 0.29) is 18.0 Å². The third-order valence-electron chi connectivity index (χ3n) is 7.70. The Hall–Kier alpha value is -3.65. The summed E-state index contributed by atoms with van der Waals surface area (Å²) in [6.07, 6.45) is -5.70. The molecule has 3 aromatic rings.